The molecule has 0 bridgehead atoms. The molecule has 0 aliphatic rings. The van der Waals surface area contributed by atoms with E-state index in [4.69, 9.17) is 11.6 Å². The van der Waals surface area contributed by atoms with Gasteiger partial charge in [0.15, 0.2) is 12.4 Å². The van der Waals surface area contributed by atoms with E-state index in [1.807, 2.05) is 42.1 Å². The molecule has 0 saturated heterocycles. The number of aromatic nitrogens is 1. The van der Waals surface area contributed by atoms with Gasteiger partial charge in [-0.3, -0.25) is 4.79 Å². The van der Waals surface area contributed by atoms with Crippen molar-refractivity contribution >= 4 is 23.2 Å². The molecule has 2 aromatic rings. The Morgan fingerprint density at radius 2 is 1.83 bits per heavy atom. The van der Waals surface area contributed by atoms with Crippen LogP contribution in [0.2, 0.25) is 5.02 Å². The summed E-state index contributed by atoms with van der Waals surface area (Å²) in [6, 6.07) is 9.73. The topological polar surface area (TPSA) is 33.0 Å². The van der Waals surface area contributed by atoms with Gasteiger partial charge in [-0.25, -0.2) is 0 Å². The number of nitrogens with zero attached hydrogens (tertiary/aromatic N) is 1. The molecule has 122 valence electrons. The van der Waals surface area contributed by atoms with Gasteiger partial charge >= 0.3 is 0 Å². The number of hydrogen-bond donors (Lipinski definition) is 1. The van der Waals surface area contributed by atoms with Crippen molar-refractivity contribution in [2.75, 3.05) is 5.32 Å². The molecule has 0 aliphatic carbocycles. The van der Waals surface area contributed by atoms with E-state index in [-0.39, 0.29) is 12.5 Å². The van der Waals surface area contributed by atoms with Crippen LogP contribution in [-0.4, -0.2) is 5.91 Å². The monoisotopic (exact) mass is 331 g/mol. The number of halogens is 1. The molecule has 0 unspecified atom stereocenters. The number of carbonyl (C=O) groups is 1. The number of pyridine rings is 1. The average Bonchev–Trinajstić information content (AvgIpc) is 2.54. The van der Waals surface area contributed by atoms with Crippen molar-refractivity contribution in [2.45, 2.75) is 46.1 Å². The van der Waals surface area contributed by atoms with Gasteiger partial charge in [0.05, 0.1) is 0 Å². The summed E-state index contributed by atoms with van der Waals surface area (Å²) in [5, 5.41) is 3.57. The van der Waals surface area contributed by atoms with Crippen molar-refractivity contribution < 1.29 is 9.36 Å². The fourth-order valence-electron chi connectivity index (χ4n) is 2.70. The minimum absolute atomic E-state index is 0.0596. The molecular weight excluding hydrogens is 308 g/mol. The Kier molecular flexibility index (Phi) is 6.17. The van der Waals surface area contributed by atoms with Gasteiger partial charge in [0.2, 0.25) is 6.54 Å². The number of hydrogen-bond acceptors (Lipinski definition) is 1. The van der Waals surface area contributed by atoms with Crippen LogP contribution in [0.25, 0.3) is 0 Å². The molecule has 3 nitrogen and oxygen atoms in total. The predicted octanol–water partition coefficient (Wildman–Crippen LogP) is 4.48. The van der Waals surface area contributed by atoms with Crippen LogP contribution in [0.4, 0.5) is 5.69 Å². The number of anilines is 1. The first-order chi connectivity index (χ1) is 11.0. The van der Waals surface area contributed by atoms with Crippen LogP contribution >= 0.6 is 11.6 Å². The number of rotatable bonds is 6. The van der Waals surface area contributed by atoms with E-state index in [1.54, 1.807) is 0 Å². The molecule has 1 aromatic carbocycles. The van der Waals surface area contributed by atoms with E-state index in [2.05, 4.69) is 31.3 Å². The fourth-order valence-corrected chi connectivity index (χ4v) is 2.88. The number of carbonyl (C=O) groups excluding carboxylic acids is 1. The lowest BCUT2D eigenvalue weighted by molar-refractivity contribution is -0.684. The lowest BCUT2D eigenvalue weighted by Gasteiger charge is -2.11. The van der Waals surface area contributed by atoms with Crippen molar-refractivity contribution in [1.29, 1.82) is 0 Å². The molecule has 0 atom stereocenters. The SMILES string of the molecule is CCC(CC)c1cc[n+](CC(=O)Nc2cccc(Cl)c2C)cc1. The van der Waals surface area contributed by atoms with Crippen LogP contribution in [-0.2, 0) is 11.3 Å². The first kappa shape index (κ1) is 17.5. The van der Waals surface area contributed by atoms with Gasteiger partial charge in [-0.1, -0.05) is 31.5 Å². The lowest BCUT2D eigenvalue weighted by atomic mass is 9.95. The first-order valence-electron chi connectivity index (χ1n) is 8.09. The second kappa shape index (κ2) is 8.11. The maximum absolute atomic E-state index is 12.2. The van der Waals surface area contributed by atoms with Gasteiger partial charge in [-0.05, 0) is 48.9 Å². The summed E-state index contributed by atoms with van der Waals surface area (Å²) in [7, 11) is 0. The highest BCUT2D eigenvalue weighted by atomic mass is 35.5. The molecule has 0 fully saturated rings. The third-order valence-electron chi connectivity index (χ3n) is 4.24. The fraction of sp³-hybridized carbons (Fsp3) is 0.368. The number of amides is 1. The molecule has 1 amide bonds. The van der Waals surface area contributed by atoms with Crippen LogP contribution in [0.15, 0.2) is 42.7 Å². The Morgan fingerprint density at radius 3 is 2.43 bits per heavy atom. The largest absolute Gasteiger partial charge is 0.320 e. The summed E-state index contributed by atoms with van der Waals surface area (Å²) >= 11 is 6.08. The molecule has 4 heteroatoms. The van der Waals surface area contributed by atoms with Crippen LogP contribution in [0.5, 0.6) is 0 Å². The third-order valence-corrected chi connectivity index (χ3v) is 4.65. The lowest BCUT2D eigenvalue weighted by Crippen LogP contribution is -2.39. The van der Waals surface area contributed by atoms with Gasteiger partial charge in [0.25, 0.3) is 5.91 Å². The molecule has 2 rings (SSSR count). The molecule has 0 aliphatic heterocycles. The summed E-state index contributed by atoms with van der Waals surface area (Å²) in [5.74, 6) is 0.531. The second-order valence-electron chi connectivity index (χ2n) is 5.78. The van der Waals surface area contributed by atoms with E-state index >= 15 is 0 Å². The Hall–Kier alpha value is -1.87. The van der Waals surface area contributed by atoms with Crippen LogP contribution in [0.1, 0.15) is 43.7 Å². The Balaban J connectivity index is 2.01. The van der Waals surface area contributed by atoms with Crippen LogP contribution < -0.4 is 9.88 Å². The molecule has 1 aromatic heterocycles. The van der Waals surface area contributed by atoms with Crippen LogP contribution in [0.3, 0.4) is 0 Å². The summed E-state index contributed by atoms with van der Waals surface area (Å²) in [5.41, 5.74) is 2.98. The highest BCUT2D eigenvalue weighted by Crippen LogP contribution is 2.23. The minimum atomic E-state index is -0.0596. The van der Waals surface area contributed by atoms with Crippen molar-refractivity contribution in [3.8, 4) is 0 Å². The molecule has 1 heterocycles. The zero-order chi connectivity index (χ0) is 16.8. The van der Waals surface area contributed by atoms with Gasteiger partial charge in [0, 0.05) is 22.8 Å². The maximum Gasteiger partial charge on any atom is 0.290 e. The van der Waals surface area contributed by atoms with Crippen molar-refractivity contribution in [3.05, 3.63) is 58.9 Å². The van der Waals surface area contributed by atoms with Crippen LogP contribution in [0, 0.1) is 6.92 Å². The highest BCUT2D eigenvalue weighted by Gasteiger charge is 2.13. The smallest absolute Gasteiger partial charge is 0.290 e. The number of nitrogens with one attached hydrogen (secondary N) is 1. The summed E-state index contributed by atoms with van der Waals surface area (Å²) in [6.07, 6.45) is 6.21. The van der Waals surface area contributed by atoms with Gasteiger partial charge in [-0.2, -0.15) is 4.57 Å². The standard InChI is InChI=1S/C19H23ClN2O/c1-4-15(5-2)16-9-11-22(12-10-16)13-19(23)21-18-8-6-7-17(20)14(18)3/h6-12,15H,4-5,13H2,1-3H3/p+1. The summed E-state index contributed by atoms with van der Waals surface area (Å²) in [4.78, 5) is 12.2. The third kappa shape index (κ3) is 4.55. The molecular formula is C19H24ClN2O+. The van der Waals surface area contributed by atoms with Crippen molar-refractivity contribution in [2.24, 2.45) is 0 Å². The van der Waals surface area contributed by atoms with Crippen molar-refractivity contribution in [1.82, 2.24) is 0 Å². The van der Waals surface area contributed by atoms with E-state index in [0.29, 0.717) is 10.9 Å². The normalized spacial score (nSPS) is 10.8. The molecule has 0 radical (unpaired) electrons. The predicted molar refractivity (Wildman–Crippen MR) is 94.8 cm³/mol. The van der Waals surface area contributed by atoms with E-state index in [9.17, 15) is 4.79 Å². The second-order valence-corrected chi connectivity index (χ2v) is 6.19. The number of benzene rings is 1. The van der Waals surface area contributed by atoms with E-state index in [1.165, 1.54) is 5.56 Å². The Bertz CT molecular complexity index is 664. The molecule has 0 saturated carbocycles. The van der Waals surface area contributed by atoms with E-state index < -0.39 is 0 Å². The van der Waals surface area contributed by atoms with Gasteiger partial charge < -0.3 is 5.32 Å². The highest BCUT2D eigenvalue weighted by molar-refractivity contribution is 6.31. The average molecular weight is 332 g/mol. The van der Waals surface area contributed by atoms with Gasteiger partial charge in [-0.15, -0.1) is 0 Å². The zero-order valence-corrected chi connectivity index (χ0v) is 14.7. The summed E-state index contributed by atoms with van der Waals surface area (Å²) in [6.45, 7) is 6.59. The molecule has 23 heavy (non-hydrogen) atoms. The molecule has 0 spiro atoms. The van der Waals surface area contributed by atoms with Gasteiger partial charge in [0.1, 0.15) is 0 Å². The molecule has 1 N–H and O–H groups in total. The first-order valence-corrected chi connectivity index (χ1v) is 8.46. The van der Waals surface area contributed by atoms with E-state index in [0.717, 1.165) is 24.1 Å². The van der Waals surface area contributed by atoms with Crippen molar-refractivity contribution in [3.63, 3.8) is 0 Å². The summed E-state index contributed by atoms with van der Waals surface area (Å²) < 4.78 is 1.89. The Labute approximate surface area is 143 Å². The zero-order valence-electron chi connectivity index (χ0n) is 14.0. The minimum Gasteiger partial charge on any atom is -0.320 e. The maximum atomic E-state index is 12.2. The Morgan fingerprint density at radius 1 is 1.17 bits per heavy atom. The quantitative estimate of drug-likeness (QED) is 0.778.